The van der Waals surface area contributed by atoms with Crippen LogP contribution in [0.15, 0.2) is 22.7 Å². The zero-order chi connectivity index (χ0) is 13.0. The van der Waals surface area contributed by atoms with Crippen LogP contribution in [0.1, 0.15) is 13.3 Å². The Labute approximate surface area is 109 Å². The van der Waals surface area contributed by atoms with Gasteiger partial charge in [0.2, 0.25) is 5.91 Å². The van der Waals surface area contributed by atoms with Crippen LogP contribution < -0.4 is 10.6 Å². The molecule has 3 nitrogen and oxygen atoms in total. The Balaban J connectivity index is 2.92. The lowest BCUT2D eigenvalue weighted by Gasteiger charge is -2.21. The summed E-state index contributed by atoms with van der Waals surface area (Å²) in [5.74, 6) is -0.750. The molecule has 0 fully saturated rings. The highest BCUT2D eigenvalue weighted by molar-refractivity contribution is 9.10. The molecule has 1 aromatic carbocycles. The Morgan fingerprint density at radius 3 is 2.82 bits per heavy atom. The fourth-order valence-corrected chi connectivity index (χ4v) is 1.91. The second-order valence-corrected chi connectivity index (χ2v) is 4.89. The lowest BCUT2D eigenvalue weighted by Crippen LogP contribution is -2.33. The van der Waals surface area contributed by atoms with Crippen LogP contribution in [0.3, 0.4) is 0 Å². The highest BCUT2D eigenvalue weighted by Crippen LogP contribution is 2.24. The largest absolute Gasteiger partial charge is 0.330 e. The maximum atomic E-state index is 13.6. The molecule has 0 aromatic heterocycles. The second-order valence-electron chi connectivity index (χ2n) is 3.97. The highest BCUT2D eigenvalue weighted by atomic mass is 79.9. The molecule has 0 aliphatic heterocycles. The molecule has 0 spiro atoms. The number of amides is 1. The molecule has 94 valence electrons. The van der Waals surface area contributed by atoms with Crippen LogP contribution in [0.25, 0.3) is 0 Å². The Morgan fingerprint density at radius 2 is 2.24 bits per heavy atom. The molecule has 1 unspecified atom stereocenters. The predicted molar refractivity (Wildman–Crippen MR) is 70.3 cm³/mol. The van der Waals surface area contributed by atoms with E-state index in [1.165, 1.54) is 11.0 Å². The van der Waals surface area contributed by atoms with E-state index in [0.717, 1.165) is 4.47 Å². The van der Waals surface area contributed by atoms with E-state index in [9.17, 15) is 9.18 Å². The molecule has 0 heterocycles. The van der Waals surface area contributed by atoms with E-state index < -0.39 is 5.82 Å². The number of rotatable bonds is 4. The summed E-state index contributed by atoms with van der Waals surface area (Å²) in [6.45, 7) is 2.24. The molecule has 5 heteroatoms. The standard InChI is InChI=1S/C12H16BrFN2O/c1-8(5-6-15)12(17)16(2)11-7-9(13)3-4-10(11)14/h3-4,7-8H,5-6,15H2,1-2H3. The average molecular weight is 303 g/mol. The van der Waals surface area contributed by atoms with Crippen molar-refractivity contribution in [1.29, 1.82) is 0 Å². The second kappa shape index (κ2) is 6.12. The Kier molecular flexibility index (Phi) is 5.08. The van der Waals surface area contributed by atoms with Crippen molar-refractivity contribution < 1.29 is 9.18 Å². The Morgan fingerprint density at radius 1 is 1.59 bits per heavy atom. The number of carbonyl (C=O) groups excluding carboxylic acids is 1. The third kappa shape index (κ3) is 3.51. The van der Waals surface area contributed by atoms with Gasteiger partial charge in [0, 0.05) is 17.4 Å². The summed E-state index contributed by atoms with van der Waals surface area (Å²) in [5, 5.41) is 0. The Bertz CT molecular complexity index is 411. The van der Waals surface area contributed by atoms with Gasteiger partial charge in [0.15, 0.2) is 0 Å². The number of hydrogen-bond acceptors (Lipinski definition) is 2. The van der Waals surface area contributed by atoms with Gasteiger partial charge in [-0.05, 0) is 31.2 Å². The normalized spacial score (nSPS) is 12.3. The van der Waals surface area contributed by atoms with Crippen LogP contribution >= 0.6 is 15.9 Å². The minimum atomic E-state index is -0.413. The van der Waals surface area contributed by atoms with Crippen molar-refractivity contribution in [2.45, 2.75) is 13.3 Å². The van der Waals surface area contributed by atoms with Crippen molar-refractivity contribution >= 4 is 27.5 Å². The third-order valence-corrected chi connectivity index (χ3v) is 3.11. The van der Waals surface area contributed by atoms with Gasteiger partial charge in [-0.25, -0.2) is 4.39 Å². The summed E-state index contributed by atoms with van der Waals surface area (Å²) in [5.41, 5.74) is 5.68. The van der Waals surface area contributed by atoms with Crippen LogP contribution in [-0.4, -0.2) is 19.5 Å². The minimum absolute atomic E-state index is 0.132. The lowest BCUT2D eigenvalue weighted by atomic mass is 10.1. The van der Waals surface area contributed by atoms with Crippen LogP contribution in [0, 0.1) is 11.7 Å². The van der Waals surface area contributed by atoms with Crippen LogP contribution in [0.2, 0.25) is 0 Å². The molecule has 17 heavy (non-hydrogen) atoms. The monoisotopic (exact) mass is 302 g/mol. The molecule has 0 saturated carbocycles. The predicted octanol–water partition coefficient (Wildman–Crippen LogP) is 2.54. The number of hydrogen-bond donors (Lipinski definition) is 1. The molecule has 1 aromatic rings. The van der Waals surface area contributed by atoms with Gasteiger partial charge in [-0.3, -0.25) is 4.79 Å². The maximum Gasteiger partial charge on any atom is 0.229 e. The molecular formula is C12H16BrFN2O. The van der Waals surface area contributed by atoms with E-state index in [-0.39, 0.29) is 17.5 Å². The molecule has 0 aliphatic carbocycles. The van der Waals surface area contributed by atoms with Crippen molar-refractivity contribution in [3.8, 4) is 0 Å². The van der Waals surface area contributed by atoms with E-state index in [1.807, 2.05) is 0 Å². The van der Waals surface area contributed by atoms with Gasteiger partial charge >= 0.3 is 0 Å². The fraction of sp³-hybridized carbons (Fsp3) is 0.417. The molecule has 2 N–H and O–H groups in total. The van der Waals surface area contributed by atoms with Gasteiger partial charge < -0.3 is 10.6 Å². The van der Waals surface area contributed by atoms with Crippen molar-refractivity contribution in [2.24, 2.45) is 11.7 Å². The zero-order valence-electron chi connectivity index (χ0n) is 9.91. The minimum Gasteiger partial charge on any atom is -0.330 e. The smallest absolute Gasteiger partial charge is 0.229 e. The van der Waals surface area contributed by atoms with Crippen molar-refractivity contribution in [1.82, 2.24) is 0 Å². The number of nitrogens with two attached hydrogens (primary N) is 1. The molecule has 0 saturated heterocycles. The van der Waals surface area contributed by atoms with Crippen molar-refractivity contribution in [3.05, 3.63) is 28.5 Å². The SMILES string of the molecule is CC(CCN)C(=O)N(C)c1cc(Br)ccc1F. The van der Waals surface area contributed by atoms with Gasteiger partial charge in [0.25, 0.3) is 0 Å². The summed E-state index contributed by atoms with van der Waals surface area (Å²) >= 11 is 3.26. The first-order chi connectivity index (χ1) is 7.97. The molecule has 1 rings (SSSR count). The van der Waals surface area contributed by atoms with Crippen LogP contribution in [0.4, 0.5) is 10.1 Å². The third-order valence-electron chi connectivity index (χ3n) is 2.62. The van der Waals surface area contributed by atoms with E-state index >= 15 is 0 Å². The molecule has 0 radical (unpaired) electrons. The fourth-order valence-electron chi connectivity index (χ4n) is 1.57. The first kappa shape index (κ1) is 14.1. The van der Waals surface area contributed by atoms with Crippen molar-refractivity contribution in [3.63, 3.8) is 0 Å². The maximum absolute atomic E-state index is 13.6. The van der Waals surface area contributed by atoms with Crippen LogP contribution in [0.5, 0.6) is 0 Å². The number of anilines is 1. The molecule has 0 aliphatic rings. The molecule has 1 atom stereocenters. The van der Waals surface area contributed by atoms with E-state index in [4.69, 9.17) is 5.73 Å². The first-order valence-corrected chi connectivity index (χ1v) is 6.19. The number of nitrogens with zero attached hydrogens (tertiary/aromatic N) is 1. The summed E-state index contributed by atoms with van der Waals surface area (Å²) in [6.07, 6.45) is 0.596. The van der Waals surface area contributed by atoms with E-state index in [1.54, 1.807) is 26.1 Å². The zero-order valence-corrected chi connectivity index (χ0v) is 11.5. The van der Waals surface area contributed by atoms with Gasteiger partial charge in [0.05, 0.1) is 5.69 Å². The molecule has 1 amide bonds. The van der Waals surface area contributed by atoms with Gasteiger partial charge in [0.1, 0.15) is 5.82 Å². The van der Waals surface area contributed by atoms with Gasteiger partial charge in [-0.1, -0.05) is 22.9 Å². The number of halogens is 2. The van der Waals surface area contributed by atoms with Gasteiger partial charge in [-0.2, -0.15) is 0 Å². The molecule has 0 bridgehead atoms. The summed E-state index contributed by atoms with van der Waals surface area (Å²) in [6, 6.07) is 4.51. The number of benzene rings is 1. The highest BCUT2D eigenvalue weighted by Gasteiger charge is 2.20. The quantitative estimate of drug-likeness (QED) is 0.929. The van der Waals surface area contributed by atoms with Crippen molar-refractivity contribution in [2.75, 3.05) is 18.5 Å². The molecular weight excluding hydrogens is 287 g/mol. The van der Waals surface area contributed by atoms with E-state index in [0.29, 0.717) is 13.0 Å². The topological polar surface area (TPSA) is 46.3 Å². The summed E-state index contributed by atoms with van der Waals surface area (Å²) in [4.78, 5) is 13.3. The Hall–Kier alpha value is -0.940. The lowest BCUT2D eigenvalue weighted by molar-refractivity contribution is -0.121. The average Bonchev–Trinajstić information content (AvgIpc) is 2.30. The van der Waals surface area contributed by atoms with Gasteiger partial charge in [-0.15, -0.1) is 0 Å². The number of carbonyl (C=O) groups is 1. The summed E-state index contributed by atoms with van der Waals surface area (Å²) in [7, 11) is 1.57. The summed E-state index contributed by atoms with van der Waals surface area (Å²) < 4.78 is 14.3. The van der Waals surface area contributed by atoms with E-state index in [2.05, 4.69) is 15.9 Å². The first-order valence-electron chi connectivity index (χ1n) is 5.40. The van der Waals surface area contributed by atoms with Crippen LogP contribution in [-0.2, 0) is 4.79 Å².